The van der Waals surface area contributed by atoms with Crippen molar-refractivity contribution >= 4 is 35.5 Å². The van der Waals surface area contributed by atoms with E-state index in [-0.39, 0.29) is 18.2 Å². The first kappa shape index (κ1) is 27.4. The molecule has 0 aliphatic carbocycles. The molecule has 0 aliphatic heterocycles. The number of carbonyl (C=O) groups excluding carboxylic acids is 2. The second kappa shape index (κ2) is 12.8. The zero-order chi connectivity index (χ0) is 23.5. The Morgan fingerprint density at radius 3 is 2.23 bits per heavy atom. The molecule has 0 aliphatic rings. The highest BCUT2D eigenvalue weighted by Gasteiger charge is 2.40. The molecule has 2 atom stereocenters. The molecule has 0 rings (SSSR count). The van der Waals surface area contributed by atoms with E-state index < -0.39 is 78.5 Å². The van der Waals surface area contributed by atoms with Crippen LogP contribution in [-0.4, -0.2) is 71.4 Å². The van der Waals surface area contributed by atoms with Crippen molar-refractivity contribution in [2.24, 2.45) is 5.73 Å². The predicted octanol–water partition coefficient (Wildman–Crippen LogP) is 0.242. The SMILES string of the molecule is NC(CCC(=O)NC(CS/C(F)=C(\OCF)C(F)(F)F)C(=O)NCC(=O)O)C(=O)O. The van der Waals surface area contributed by atoms with Crippen molar-refractivity contribution in [2.45, 2.75) is 31.1 Å². The van der Waals surface area contributed by atoms with Gasteiger partial charge < -0.3 is 31.3 Å². The quantitative estimate of drug-likeness (QED) is 0.188. The zero-order valence-corrected chi connectivity index (χ0v) is 15.8. The number of carbonyl (C=O) groups is 4. The van der Waals surface area contributed by atoms with Crippen molar-refractivity contribution in [3.05, 3.63) is 10.9 Å². The molecule has 0 aromatic heterocycles. The summed E-state index contributed by atoms with van der Waals surface area (Å²) in [7, 11) is 0. The van der Waals surface area contributed by atoms with Gasteiger partial charge in [-0.3, -0.25) is 19.2 Å². The number of carboxylic acids is 2. The fourth-order valence-corrected chi connectivity index (χ4v) is 2.53. The lowest BCUT2D eigenvalue weighted by atomic mass is 10.1. The van der Waals surface area contributed by atoms with E-state index in [1.54, 1.807) is 0 Å². The van der Waals surface area contributed by atoms with Crippen LogP contribution in [0.1, 0.15) is 12.8 Å². The Hall–Kier alpha value is -2.62. The van der Waals surface area contributed by atoms with Crippen molar-refractivity contribution in [1.29, 1.82) is 0 Å². The third-order valence-electron chi connectivity index (χ3n) is 3.08. The molecule has 0 saturated heterocycles. The Labute approximate surface area is 170 Å². The van der Waals surface area contributed by atoms with Crippen LogP contribution in [0.5, 0.6) is 0 Å². The maximum atomic E-state index is 13.8. The summed E-state index contributed by atoms with van der Waals surface area (Å²) < 4.78 is 67.3. The fourth-order valence-electron chi connectivity index (χ4n) is 1.67. The number of hydrogen-bond acceptors (Lipinski definition) is 7. The van der Waals surface area contributed by atoms with Crippen LogP contribution < -0.4 is 16.4 Å². The fraction of sp³-hybridized carbons (Fsp3) is 0.571. The summed E-state index contributed by atoms with van der Waals surface area (Å²) in [5, 5.41) is 19.0. The van der Waals surface area contributed by atoms with Gasteiger partial charge in [-0.1, -0.05) is 11.8 Å². The van der Waals surface area contributed by atoms with Gasteiger partial charge in [-0.15, -0.1) is 0 Å². The number of amides is 2. The lowest BCUT2D eigenvalue weighted by molar-refractivity contribution is -0.140. The van der Waals surface area contributed by atoms with Crippen molar-refractivity contribution in [3.8, 4) is 0 Å². The summed E-state index contributed by atoms with van der Waals surface area (Å²) in [5.74, 6) is -8.15. The first-order valence-electron chi connectivity index (χ1n) is 7.85. The molecule has 0 aromatic carbocycles. The second-order valence-corrected chi connectivity index (χ2v) is 6.36. The highest BCUT2D eigenvalue weighted by molar-refractivity contribution is 8.02. The Kier molecular flexibility index (Phi) is 11.7. The van der Waals surface area contributed by atoms with Gasteiger partial charge in [-0.05, 0) is 6.42 Å². The lowest BCUT2D eigenvalue weighted by Gasteiger charge is -2.18. The number of nitrogens with two attached hydrogens (primary N) is 1. The van der Waals surface area contributed by atoms with Gasteiger partial charge in [-0.2, -0.15) is 17.6 Å². The van der Waals surface area contributed by atoms with E-state index in [1.807, 2.05) is 10.6 Å². The average Bonchev–Trinajstić information content (AvgIpc) is 2.63. The van der Waals surface area contributed by atoms with E-state index in [0.717, 1.165) is 0 Å². The largest absolute Gasteiger partial charge is 0.480 e. The number of alkyl halides is 4. The molecule has 172 valence electrons. The third-order valence-corrected chi connectivity index (χ3v) is 4.02. The van der Waals surface area contributed by atoms with Crippen LogP contribution in [-0.2, 0) is 23.9 Å². The monoisotopic (exact) mass is 467 g/mol. The van der Waals surface area contributed by atoms with Gasteiger partial charge in [0.1, 0.15) is 18.6 Å². The molecular formula is C14H18F5N3O7S. The topological polar surface area (TPSA) is 168 Å². The number of hydrogen-bond donors (Lipinski definition) is 5. The predicted molar refractivity (Wildman–Crippen MR) is 91.1 cm³/mol. The number of thioether (sulfide) groups is 1. The van der Waals surface area contributed by atoms with Crippen LogP contribution in [0.15, 0.2) is 10.9 Å². The molecule has 0 heterocycles. The third kappa shape index (κ3) is 10.8. The molecular weight excluding hydrogens is 449 g/mol. The number of allylic oxidation sites excluding steroid dienone is 1. The number of ether oxygens (including phenoxy) is 1. The average molecular weight is 467 g/mol. The Morgan fingerprint density at radius 2 is 1.77 bits per heavy atom. The van der Waals surface area contributed by atoms with Crippen molar-refractivity contribution in [2.75, 3.05) is 19.2 Å². The molecule has 16 heteroatoms. The van der Waals surface area contributed by atoms with Gasteiger partial charge in [0, 0.05) is 12.2 Å². The molecule has 0 fully saturated rings. The van der Waals surface area contributed by atoms with Crippen LogP contribution in [0.2, 0.25) is 0 Å². The van der Waals surface area contributed by atoms with Crippen molar-refractivity contribution < 1.29 is 56.1 Å². The summed E-state index contributed by atoms with van der Waals surface area (Å²) >= 11 is -0.247. The molecule has 30 heavy (non-hydrogen) atoms. The van der Waals surface area contributed by atoms with Gasteiger partial charge >= 0.3 is 18.1 Å². The zero-order valence-electron chi connectivity index (χ0n) is 15.0. The van der Waals surface area contributed by atoms with Crippen LogP contribution in [0.3, 0.4) is 0 Å². The standard InChI is InChI=1S/C14H18F5N3O7S/c15-5-29-10(14(17,18)19)11(16)30-4-7(12(26)21-3-9(24)25)22-8(23)2-1-6(20)13(27)28/h6-7H,1-5,20H2,(H,21,26)(H,22,23)(H,24,25)(H,27,28)/b11-10-. The Bertz CT molecular complexity index is 675. The normalized spacial score (nSPS) is 14.2. The molecule has 6 N–H and O–H groups in total. The summed E-state index contributed by atoms with van der Waals surface area (Å²) in [6.07, 6.45) is -6.23. The summed E-state index contributed by atoms with van der Waals surface area (Å²) in [5.41, 5.74) is 5.20. The van der Waals surface area contributed by atoms with Gasteiger partial charge in [0.05, 0.1) is 0 Å². The smallest absolute Gasteiger partial charge is 0.452 e. The van der Waals surface area contributed by atoms with Crippen LogP contribution in [0.4, 0.5) is 22.0 Å². The maximum absolute atomic E-state index is 13.8. The van der Waals surface area contributed by atoms with Crippen LogP contribution >= 0.6 is 11.8 Å². The molecule has 2 amide bonds. The van der Waals surface area contributed by atoms with Crippen molar-refractivity contribution in [1.82, 2.24) is 10.6 Å². The summed E-state index contributed by atoms with van der Waals surface area (Å²) in [4.78, 5) is 44.9. The van der Waals surface area contributed by atoms with E-state index in [9.17, 15) is 41.1 Å². The van der Waals surface area contributed by atoms with E-state index in [1.165, 1.54) is 0 Å². The second-order valence-electron chi connectivity index (χ2n) is 5.38. The minimum absolute atomic E-state index is 0.247. The Morgan fingerprint density at radius 1 is 1.17 bits per heavy atom. The van der Waals surface area contributed by atoms with E-state index in [0.29, 0.717) is 0 Å². The van der Waals surface area contributed by atoms with E-state index >= 15 is 0 Å². The van der Waals surface area contributed by atoms with Crippen LogP contribution in [0.25, 0.3) is 0 Å². The Balaban J connectivity index is 5.25. The number of rotatable bonds is 13. The molecule has 2 unspecified atom stereocenters. The summed E-state index contributed by atoms with van der Waals surface area (Å²) in [6, 6.07) is -3.12. The molecule has 0 spiro atoms. The van der Waals surface area contributed by atoms with Gasteiger partial charge in [0.15, 0.2) is 0 Å². The van der Waals surface area contributed by atoms with Crippen LogP contribution in [0, 0.1) is 0 Å². The number of aliphatic carboxylic acids is 2. The summed E-state index contributed by atoms with van der Waals surface area (Å²) in [6.45, 7) is -2.89. The minimum Gasteiger partial charge on any atom is -0.480 e. The minimum atomic E-state index is -5.37. The molecule has 0 saturated carbocycles. The number of nitrogens with one attached hydrogen (secondary N) is 2. The lowest BCUT2D eigenvalue weighted by Crippen LogP contribution is -2.49. The number of halogens is 5. The number of carboxylic acid groups (broad SMARTS) is 2. The highest BCUT2D eigenvalue weighted by Crippen LogP contribution is 2.34. The molecule has 0 bridgehead atoms. The van der Waals surface area contributed by atoms with E-state index in [2.05, 4.69) is 4.74 Å². The van der Waals surface area contributed by atoms with Gasteiger partial charge in [0.25, 0.3) is 0 Å². The van der Waals surface area contributed by atoms with Gasteiger partial charge in [-0.25, -0.2) is 4.39 Å². The van der Waals surface area contributed by atoms with Gasteiger partial charge in [0.2, 0.25) is 29.6 Å². The van der Waals surface area contributed by atoms with E-state index in [4.69, 9.17) is 15.9 Å². The highest BCUT2D eigenvalue weighted by atomic mass is 32.2. The van der Waals surface area contributed by atoms with Crippen molar-refractivity contribution in [3.63, 3.8) is 0 Å². The molecule has 0 aromatic rings. The molecule has 10 nitrogen and oxygen atoms in total. The maximum Gasteiger partial charge on any atom is 0.452 e. The first-order valence-corrected chi connectivity index (χ1v) is 8.83. The molecule has 0 radical (unpaired) electrons. The first-order chi connectivity index (χ1) is 13.8.